The normalized spacial score (nSPS) is 13.4. The highest BCUT2D eigenvalue weighted by molar-refractivity contribution is 5.19. The van der Waals surface area contributed by atoms with Gasteiger partial charge in [-0.1, -0.05) is 51.1 Å². The molecule has 2 aromatic rings. The van der Waals surface area contributed by atoms with Crippen molar-refractivity contribution < 1.29 is 0 Å². The summed E-state index contributed by atoms with van der Waals surface area (Å²) in [6, 6.07) is 10.9. The average Bonchev–Trinajstić information content (AvgIpc) is 2.87. The minimum absolute atomic E-state index is 0.273. The summed E-state index contributed by atoms with van der Waals surface area (Å²) in [5.41, 5.74) is 1.59. The first kappa shape index (κ1) is 13.7. The van der Waals surface area contributed by atoms with Crippen LogP contribution in [0.1, 0.15) is 44.6 Å². The Hall–Kier alpha value is -1.68. The SMILES string of the molecule is CC(C)(C)CC(NCc1ncn[nH]1)c1ccccc1. The summed E-state index contributed by atoms with van der Waals surface area (Å²) in [4.78, 5) is 4.15. The Bertz CT molecular complexity index is 471. The van der Waals surface area contributed by atoms with Gasteiger partial charge in [0.1, 0.15) is 12.2 Å². The van der Waals surface area contributed by atoms with Gasteiger partial charge in [-0.2, -0.15) is 5.10 Å². The summed E-state index contributed by atoms with van der Waals surface area (Å²) in [7, 11) is 0. The monoisotopic (exact) mass is 258 g/mol. The largest absolute Gasteiger partial charge is 0.303 e. The first-order chi connectivity index (χ1) is 9.04. The molecule has 1 heterocycles. The number of aromatic amines is 1. The Morgan fingerprint density at radius 3 is 2.53 bits per heavy atom. The zero-order valence-electron chi connectivity index (χ0n) is 11.9. The summed E-state index contributed by atoms with van der Waals surface area (Å²) in [5, 5.41) is 10.3. The number of nitrogens with zero attached hydrogens (tertiary/aromatic N) is 2. The highest BCUT2D eigenvalue weighted by atomic mass is 15.2. The number of hydrogen-bond donors (Lipinski definition) is 2. The van der Waals surface area contributed by atoms with Gasteiger partial charge in [0, 0.05) is 6.04 Å². The Balaban J connectivity index is 2.06. The van der Waals surface area contributed by atoms with Crippen molar-refractivity contribution in [3.8, 4) is 0 Å². The first-order valence-corrected chi connectivity index (χ1v) is 6.67. The van der Waals surface area contributed by atoms with E-state index in [9.17, 15) is 0 Å². The van der Waals surface area contributed by atoms with Crippen molar-refractivity contribution in [2.24, 2.45) is 5.41 Å². The molecule has 0 saturated carbocycles. The first-order valence-electron chi connectivity index (χ1n) is 6.67. The van der Waals surface area contributed by atoms with Crippen LogP contribution >= 0.6 is 0 Å². The van der Waals surface area contributed by atoms with Crippen molar-refractivity contribution in [2.75, 3.05) is 0 Å². The van der Waals surface area contributed by atoms with Gasteiger partial charge in [-0.25, -0.2) is 4.98 Å². The van der Waals surface area contributed by atoms with E-state index in [0.717, 1.165) is 12.2 Å². The number of benzene rings is 1. The Morgan fingerprint density at radius 2 is 1.95 bits per heavy atom. The van der Waals surface area contributed by atoms with Gasteiger partial charge >= 0.3 is 0 Å². The molecule has 1 unspecified atom stereocenters. The average molecular weight is 258 g/mol. The molecule has 1 aromatic heterocycles. The second-order valence-corrected chi connectivity index (χ2v) is 6.04. The van der Waals surface area contributed by atoms with Gasteiger partial charge in [-0.15, -0.1) is 0 Å². The van der Waals surface area contributed by atoms with Gasteiger partial charge in [-0.05, 0) is 17.4 Å². The highest BCUT2D eigenvalue weighted by Crippen LogP contribution is 2.29. The van der Waals surface area contributed by atoms with Gasteiger partial charge in [0.15, 0.2) is 0 Å². The number of rotatable bonds is 5. The third-order valence-corrected chi connectivity index (χ3v) is 3.00. The molecule has 4 nitrogen and oxygen atoms in total. The number of aromatic nitrogens is 3. The van der Waals surface area contributed by atoms with E-state index in [1.807, 2.05) is 6.07 Å². The maximum atomic E-state index is 4.15. The predicted octanol–water partition coefficient (Wildman–Crippen LogP) is 3.07. The van der Waals surface area contributed by atoms with Crippen LogP contribution in [0.15, 0.2) is 36.7 Å². The van der Waals surface area contributed by atoms with E-state index in [0.29, 0.717) is 12.6 Å². The zero-order valence-corrected chi connectivity index (χ0v) is 11.9. The minimum Gasteiger partial charge on any atom is -0.303 e. The molecule has 0 amide bonds. The van der Waals surface area contributed by atoms with Crippen molar-refractivity contribution >= 4 is 0 Å². The molecule has 0 aliphatic rings. The Kier molecular flexibility index (Phi) is 4.32. The minimum atomic E-state index is 0.273. The van der Waals surface area contributed by atoms with E-state index in [1.165, 1.54) is 11.9 Å². The molecule has 0 aliphatic heterocycles. The van der Waals surface area contributed by atoms with Crippen molar-refractivity contribution in [1.82, 2.24) is 20.5 Å². The molecule has 4 heteroatoms. The molecular weight excluding hydrogens is 236 g/mol. The van der Waals surface area contributed by atoms with E-state index >= 15 is 0 Å². The number of H-pyrrole nitrogens is 1. The second-order valence-electron chi connectivity index (χ2n) is 6.04. The maximum absolute atomic E-state index is 4.15. The molecule has 2 N–H and O–H groups in total. The molecule has 0 radical (unpaired) electrons. The highest BCUT2D eigenvalue weighted by Gasteiger charge is 2.20. The lowest BCUT2D eigenvalue weighted by atomic mass is 9.85. The van der Waals surface area contributed by atoms with Crippen LogP contribution in [-0.2, 0) is 6.54 Å². The van der Waals surface area contributed by atoms with E-state index in [4.69, 9.17) is 0 Å². The molecule has 0 bridgehead atoms. The molecule has 1 atom stereocenters. The fourth-order valence-corrected chi connectivity index (χ4v) is 2.14. The van der Waals surface area contributed by atoms with Crippen LogP contribution < -0.4 is 5.32 Å². The van der Waals surface area contributed by atoms with E-state index in [1.54, 1.807) is 0 Å². The predicted molar refractivity (Wildman–Crippen MR) is 76.5 cm³/mol. The van der Waals surface area contributed by atoms with Crippen molar-refractivity contribution in [3.05, 3.63) is 48.0 Å². The van der Waals surface area contributed by atoms with Gasteiger partial charge in [0.25, 0.3) is 0 Å². The van der Waals surface area contributed by atoms with Crippen LogP contribution in [0.4, 0.5) is 0 Å². The third kappa shape index (κ3) is 4.48. The van der Waals surface area contributed by atoms with Crippen LogP contribution in [0.3, 0.4) is 0 Å². The summed E-state index contributed by atoms with van der Waals surface area (Å²) < 4.78 is 0. The van der Waals surface area contributed by atoms with Crippen LogP contribution in [0.25, 0.3) is 0 Å². The molecule has 0 saturated heterocycles. The topological polar surface area (TPSA) is 53.6 Å². The fourth-order valence-electron chi connectivity index (χ4n) is 2.14. The van der Waals surface area contributed by atoms with Crippen molar-refractivity contribution in [2.45, 2.75) is 39.8 Å². The van der Waals surface area contributed by atoms with Crippen LogP contribution in [0.2, 0.25) is 0 Å². The second kappa shape index (κ2) is 5.97. The van der Waals surface area contributed by atoms with Gasteiger partial charge < -0.3 is 5.32 Å². The standard InChI is InChI=1S/C15H22N4/c1-15(2,3)9-13(12-7-5-4-6-8-12)16-10-14-17-11-18-19-14/h4-8,11,13,16H,9-10H2,1-3H3,(H,17,18,19). The molecule has 1 aromatic carbocycles. The Labute approximate surface area is 114 Å². The lowest BCUT2D eigenvalue weighted by Crippen LogP contribution is -2.26. The molecule has 2 rings (SSSR count). The van der Waals surface area contributed by atoms with Gasteiger partial charge in [0.2, 0.25) is 0 Å². The van der Waals surface area contributed by atoms with E-state index < -0.39 is 0 Å². The lowest BCUT2D eigenvalue weighted by Gasteiger charge is -2.27. The van der Waals surface area contributed by atoms with Crippen molar-refractivity contribution in [3.63, 3.8) is 0 Å². The summed E-state index contributed by atoms with van der Waals surface area (Å²) in [5.74, 6) is 0.870. The quantitative estimate of drug-likeness (QED) is 0.866. The summed E-state index contributed by atoms with van der Waals surface area (Å²) in [6.45, 7) is 7.49. The maximum Gasteiger partial charge on any atom is 0.138 e. The smallest absolute Gasteiger partial charge is 0.138 e. The summed E-state index contributed by atoms with van der Waals surface area (Å²) >= 11 is 0. The lowest BCUT2D eigenvalue weighted by molar-refractivity contribution is 0.309. The molecular formula is C15H22N4. The van der Waals surface area contributed by atoms with Gasteiger partial charge in [-0.3, -0.25) is 5.10 Å². The molecule has 0 fully saturated rings. The van der Waals surface area contributed by atoms with Crippen molar-refractivity contribution in [1.29, 1.82) is 0 Å². The molecule has 102 valence electrons. The summed E-state index contributed by atoms with van der Waals surface area (Å²) in [6.07, 6.45) is 2.61. The third-order valence-electron chi connectivity index (χ3n) is 3.00. The molecule has 0 aliphatic carbocycles. The zero-order chi connectivity index (χ0) is 13.7. The van der Waals surface area contributed by atoms with E-state index in [2.05, 4.69) is 65.5 Å². The molecule has 19 heavy (non-hydrogen) atoms. The Morgan fingerprint density at radius 1 is 1.21 bits per heavy atom. The van der Waals surface area contributed by atoms with Gasteiger partial charge in [0.05, 0.1) is 6.54 Å². The van der Waals surface area contributed by atoms with Crippen LogP contribution in [0, 0.1) is 5.41 Å². The number of hydrogen-bond acceptors (Lipinski definition) is 3. The van der Waals surface area contributed by atoms with Crippen LogP contribution in [-0.4, -0.2) is 15.2 Å². The fraction of sp³-hybridized carbons (Fsp3) is 0.467. The van der Waals surface area contributed by atoms with E-state index in [-0.39, 0.29) is 5.41 Å². The van der Waals surface area contributed by atoms with Crippen LogP contribution in [0.5, 0.6) is 0 Å². The molecule has 0 spiro atoms. The number of nitrogens with one attached hydrogen (secondary N) is 2.